The molecule has 0 fully saturated rings. The van der Waals surface area contributed by atoms with Gasteiger partial charge in [0.2, 0.25) is 0 Å². The van der Waals surface area contributed by atoms with Crippen molar-refractivity contribution in [1.29, 1.82) is 5.26 Å². The molecule has 0 aromatic heterocycles. The summed E-state index contributed by atoms with van der Waals surface area (Å²) in [5.41, 5.74) is 0. The molecule has 0 aliphatic heterocycles. The summed E-state index contributed by atoms with van der Waals surface area (Å²) in [6.45, 7) is 6.56. The Labute approximate surface area is 83.1 Å². The van der Waals surface area contributed by atoms with Crippen LogP contribution in [0.5, 0.6) is 0 Å². The van der Waals surface area contributed by atoms with Crippen LogP contribution in [0.3, 0.4) is 0 Å². The molecule has 0 spiro atoms. The smallest absolute Gasteiger partial charge is 0.0652 e. The summed E-state index contributed by atoms with van der Waals surface area (Å²) in [6, 6.07) is 2.29. The summed E-state index contributed by atoms with van der Waals surface area (Å²) < 4.78 is 0. The van der Waals surface area contributed by atoms with Gasteiger partial charge in [-0.15, -0.1) is 0 Å². The standard InChI is InChI=1S/C12H23N/c1-4-5-6-7-11(2)8-9-12(3)10-13/h11-12H,4-9H2,1-3H3/t11?,12-/m0/s1. The van der Waals surface area contributed by atoms with Crippen molar-refractivity contribution in [2.45, 2.75) is 59.3 Å². The van der Waals surface area contributed by atoms with Crippen LogP contribution in [0.2, 0.25) is 0 Å². The lowest BCUT2D eigenvalue weighted by atomic mass is 9.94. The van der Waals surface area contributed by atoms with Crippen molar-refractivity contribution >= 4 is 0 Å². The van der Waals surface area contributed by atoms with E-state index < -0.39 is 0 Å². The predicted octanol–water partition coefficient (Wildman–Crippen LogP) is 4.14. The van der Waals surface area contributed by atoms with E-state index in [1.165, 1.54) is 32.1 Å². The van der Waals surface area contributed by atoms with Gasteiger partial charge in [-0.3, -0.25) is 0 Å². The number of nitrogens with zero attached hydrogens (tertiary/aromatic N) is 1. The Morgan fingerprint density at radius 1 is 1.08 bits per heavy atom. The van der Waals surface area contributed by atoms with Gasteiger partial charge in [0.05, 0.1) is 6.07 Å². The van der Waals surface area contributed by atoms with Crippen LogP contribution in [-0.2, 0) is 0 Å². The fourth-order valence-electron chi connectivity index (χ4n) is 1.49. The maximum absolute atomic E-state index is 8.61. The lowest BCUT2D eigenvalue weighted by Crippen LogP contribution is -1.98. The van der Waals surface area contributed by atoms with E-state index in [0.29, 0.717) is 0 Å². The third kappa shape index (κ3) is 7.84. The van der Waals surface area contributed by atoms with Crippen LogP contribution >= 0.6 is 0 Å². The van der Waals surface area contributed by atoms with Crippen molar-refractivity contribution in [3.05, 3.63) is 0 Å². The van der Waals surface area contributed by atoms with Gasteiger partial charge in [-0.1, -0.05) is 39.5 Å². The third-order valence-corrected chi connectivity index (χ3v) is 2.61. The van der Waals surface area contributed by atoms with E-state index in [2.05, 4.69) is 19.9 Å². The number of unbranched alkanes of at least 4 members (excludes halogenated alkanes) is 2. The molecular formula is C12H23N. The van der Waals surface area contributed by atoms with Crippen molar-refractivity contribution in [2.24, 2.45) is 11.8 Å². The summed E-state index contributed by atoms with van der Waals surface area (Å²) >= 11 is 0. The van der Waals surface area contributed by atoms with E-state index in [1.807, 2.05) is 6.92 Å². The second-order valence-corrected chi connectivity index (χ2v) is 4.21. The second kappa shape index (κ2) is 8.10. The monoisotopic (exact) mass is 181 g/mol. The third-order valence-electron chi connectivity index (χ3n) is 2.61. The van der Waals surface area contributed by atoms with Crippen molar-refractivity contribution in [3.8, 4) is 6.07 Å². The SMILES string of the molecule is CCCCCC(C)CC[C@H](C)C#N. The molecule has 1 heteroatoms. The first-order valence-electron chi connectivity index (χ1n) is 5.60. The fourth-order valence-corrected chi connectivity index (χ4v) is 1.49. The molecule has 0 amide bonds. The Kier molecular flexibility index (Phi) is 7.79. The molecule has 0 N–H and O–H groups in total. The van der Waals surface area contributed by atoms with Crippen LogP contribution in [0.1, 0.15) is 59.3 Å². The summed E-state index contributed by atoms with van der Waals surface area (Å²) in [7, 11) is 0. The van der Waals surface area contributed by atoms with Crippen LogP contribution in [0.4, 0.5) is 0 Å². The molecule has 0 rings (SSSR count). The highest BCUT2D eigenvalue weighted by Gasteiger charge is 2.05. The summed E-state index contributed by atoms with van der Waals surface area (Å²) in [4.78, 5) is 0. The molecule has 1 unspecified atom stereocenters. The molecule has 0 saturated heterocycles. The maximum atomic E-state index is 8.61. The fraction of sp³-hybridized carbons (Fsp3) is 0.917. The minimum absolute atomic E-state index is 0.244. The summed E-state index contributed by atoms with van der Waals surface area (Å²) in [5, 5.41) is 8.61. The molecule has 76 valence electrons. The number of rotatable bonds is 7. The first-order chi connectivity index (χ1) is 6.20. The van der Waals surface area contributed by atoms with Gasteiger partial charge >= 0.3 is 0 Å². The van der Waals surface area contributed by atoms with E-state index in [9.17, 15) is 0 Å². The molecule has 2 atom stereocenters. The van der Waals surface area contributed by atoms with Gasteiger partial charge in [-0.25, -0.2) is 0 Å². The Bertz CT molecular complexity index is 146. The Morgan fingerprint density at radius 2 is 1.77 bits per heavy atom. The first-order valence-corrected chi connectivity index (χ1v) is 5.60. The van der Waals surface area contributed by atoms with E-state index in [0.717, 1.165) is 12.3 Å². The zero-order chi connectivity index (χ0) is 10.1. The highest BCUT2D eigenvalue weighted by molar-refractivity contribution is 4.78. The normalized spacial score (nSPS) is 14.9. The largest absolute Gasteiger partial charge is 0.198 e. The maximum Gasteiger partial charge on any atom is 0.0652 e. The van der Waals surface area contributed by atoms with Crippen LogP contribution in [0.15, 0.2) is 0 Å². The van der Waals surface area contributed by atoms with Crippen molar-refractivity contribution < 1.29 is 0 Å². The van der Waals surface area contributed by atoms with Crippen molar-refractivity contribution in [1.82, 2.24) is 0 Å². The molecular weight excluding hydrogens is 158 g/mol. The topological polar surface area (TPSA) is 23.8 Å². The Balaban J connectivity index is 3.30. The van der Waals surface area contributed by atoms with Crippen LogP contribution in [0.25, 0.3) is 0 Å². The number of nitriles is 1. The molecule has 0 saturated carbocycles. The van der Waals surface area contributed by atoms with E-state index in [1.54, 1.807) is 0 Å². The van der Waals surface area contributed by atoms with Gasteiger partial charge in [-0.05, 0) is 25.7 Å². The summed E-state index contributed by atoms with van der Waals surface area (Å²) in [5.74, 6) is 1.05. The van der Waals surface area contributed by atoms with Crippen molar-refractivity contribution in [3.63, 3.8) is 0 Å². The van der Waals surface area contributed by atoms with Crippen LogP contribution in [0, 0.1) is 23.2 Å². The second-order valence-electron chi connectivity index (χ2n) is 4.21. The minimum Gasteiger partial charge on any atom is -0.198 e. The quantitative estimate of drug-likeness (QED) is 0.541. The molecule has 0 heterocycles. The summed E-state index contributed by atoms with van der Waals surface area (Å²) in [6.07, 6.45) is 7.66. The highest BCUT2D eigenvalue weighted by Crippen LogP contribution is 2.17. The molecule has 0 aliphatic rings. The molecule has 0 aromatic rings. The first kappa shape index (κ1) is 12.5. The van der Waals surface area contributed by atoms with Crippen LogP contribution in [-0.4, -0.2) is 0 Å². The lowest BCUT2D eigenvalue weighted by Gasteiger charge is -2.11. The molecule has 0 aromatic carbocycles. The van der Waals surface area contributed by atoms with Gasteiger partial charge in [-0.2, -0.15) is 5.26 Å². The molecule has 13 heavy (non-hydrogen) atoms. The van der Waals surface area contributed by atoms with Gasteiger partial charge in [0.15, 0.2) is 0 Å². The Hall–Kier alpha value is -0.510. The van der Waals surface area contributed by atoms with Gasteiger partial charge < -0.3 is 0 Å². The number of hydrogen-bond donors (Lipinski definition) is 0. The van der Waals surface area contributed by atoms with Gasteiger partial charge in [0.25, 0.3) is 0 Å². The predicted molar refractivity (Wildman–Crippen MR) is 57.3 cm³/mol. The zero-order valence-corrected chi connectivity index (χ0v) is 9.34. The molecule has 0 radical (unpaired) electrons. The van der Waals surface area contributed by atoms with E-state index in [4.69, 9.17) is 5.26 Å². The van der Waals surface area contributed by atoms with Crippen molar-refractivity contribution in [2.75, 3.05) is 0 Å². The van der Waals surface area contributed by atoms with Gasteiger partial charge in [0, 0.05) is 5.92 Å². The minimum atomic E-state index is 0.244. The van der Waals surface area contributed by atoms with Gasteiger partial charge in [0.1, 0.15) is 0 Å². The zero-order valence-electron chi connectivity index (χ0n) is 9.34. The molecule has 1 nitrogen and oxygen atoms in total. The molecule has 0 aliphatic carbocycles. The van der Waals surface area contributed by atoms with E-state index >= 15 is 0 Å². The van der Waals surface area contributed by atoms with E-state index in [-0.39, 0.29) is 5.92 Å². The van der Waals surface area contributed by atoms with Crippen LogP contribution < -0.4 is 0 Å². The lowest BCUT2D eigenvalue weighted by molar-refractivity contribution is 0.429. The average Bonchev–Trinajstić information content (AvgIpc) is 2.14. The number of hydrogen-bond acceptors (Lipinski definition) is 1. The highest BCUT2D eigenvalue weighted by atomic mass is 14.3. The average molecular weight is 181 g/mol. The Morgan fingerprint density at radius 3 is 2.31 bits per heavy atom. The molecule has 0 bridgehead atoms.